The number of aliphatic hydroxyl groups is 1. The van der Waals surface area contributed by atoms with Crippen LogP contribution in [0.15, 0.2) is 12.5 Å². The van der Waals surface area contributed by atoms with Gasteiger partial charge in [0, 0.05) is 19.8 Å². The Morgan fingerprint density at radius 2 is 2.55 bits per heavy atom. The highest BCUT2D eigenvalue weighted by Crippen LogP contribution is 1.94. The normalized spacial score (nSPS) is 13.4. The lowest BCUT2D eigenvalue weighted by molar-refractivity contribution is 0.154. The molecule has 0 aliphatic heterocycles. The maximum absolute atomic E-state index is 8.90. The SMILES string of the molecule is C[C@@H](O)NCc1cncn1C. The highest BCUT2D eigenvalue weighted by atomic mass is 16.3. The lowest BCUT2D eigenvalue weighted by Gasteiger charge is -2.06. The van der Waals surface area contributed by atoms with E-state index < -0.39 is 6.23 Å². The fraction of sp³-hybridized carbons (Fsp3) is 0.571. The van der Waals surface area contributed by atoms with E-state index in [-0.39, 0.29) is 0 Å². The van der Waals surface area contributed by atoms with Crippen molar-refractivity contribution in [2.45, 2.75) is 19.7 Å². The van der Waals surface area contributed by atoms with Crippen molar-refractivity contribution in [1.82, 2.24) is 14.9 Å². The Hall–Kier alpha value is -0.870. The number of imidazole rings is 1. The molecule has 4 nitrogen and oxygen atoms in total. The standard InChI is InChI=1S/C7H13N3O/c1-6(11)9-4-7-3-8-5-10(7)2/h3,5-6,9,11H,4H2,1-2H3/t6-/m1/s1. The van der Waals surface area contributed by atoms with Gasteiger partial charge in [0.15, 0.2) is 0 Å². The van der Waals surface area contributed by atoms with Crippen LogP contribution in [0.4, 0.5) is 0 Å². The zero-order valence-corrected chi connectivity index (χ0v) is 6.78. The first-order chi connectivity index (χ1) is 5.20. The largest absolute Gasteiger partial charge is 0.379 e. The molecule has 0 aliphatic rings. The maximum Gasteiger partial charge on any atom is 0.102 e. The zero-order chi connectivity index (χ0) is 8.27. The fourth-order valence-corrected chi connectivity index (χ4v) is 0.807. The van der Waals surface area contributed by atoms with Crippen molar-refractivity contribution >= 4 is 0 Å². The summed E-state index contributed by atoms with van der Waals surface area (Å²) in [4.78, 5) is 3.94. The van der Waals surface area contributed by atoms with Gasteiger partial charge in [-0.15, -0.1) is 0 Å². The first kappa shape index (κ1) is 8.23. The highest BCUT2D eigenvalue weighted by molar-refractivity contribution is 4.96. The van der Waals surface area contributed by atoms with Crippen LogP contribution >= 0.6 is 0 Å². The molecule has 1 heterocycles. The van der Waals surface area contributed by atoms with Gasteiger partial charge in [0.1, 0.15) is 6.23 Å². The number of nitrogens with one attached hydrogen (secondary N) is 1. The molecule has 0 saturated heterocycles. The number of rotatable bonds is 3. The minimum Gasteiger partial charge on any atom is -0.379 e. The maximum atomic E-state index is 8.90. The van der Waals surface area contributed by atoms with Gasteiger partial charge in [-0.3, -0.25) is 5.32 Å². The molecular formula is C7H13N3O. The van der Waals surface area contributed by atoms with E-state index in [0.717, 1.165) is 5.69 Å². The highest BCUT2D eigenvalue weighted by Gasteiger charge is 1.98. The van der Waals surface area contributed by atoms with Crippen LogP contribution in [0.1, 0.15) is 12.6 Å². The van der Waals surface area contributed by atoms with E-state index in [1.54, 1.807) is 19.4 Å². The summed E-state index contributed by atoms with van der Waals surface area (Å²) in [7, 11) is 1.92. The van der Waals surface area contributed by atoms with E-state index >= 15 is 0 Å². The summed E-state index contributed by atoms with van der Waals surface area (Å²) in [5.41, 5.74) is 1.06. The van der Waals surface area contributed by atoms with Crippen LogP contribution in [0.5, 0.6) is 0 Å². The summed E-state index contributed by atoms with van der Waals surface area (Å²) >= 11 is 0. The molecule has 2 N–H and O–H groups in total. The second-order valence-electron chi connectivity index (χ2n) is 2.55. The summed E-state index contributed by atoms with van der Waals surface area (Å²) in [5.74, 6) is 0. The molecule has 1 atom stereocenters. The zero-order valence-electron chi connectivity index (χ0n) is 6.78. The number of hydrogen-bond donors (Lipinski definition) is 2. The minimum absolute atomic E-state index is 0.468. The van der Waals surface area contributed by atoms with Crippen molar-refractivity contribution in [2.24, 2.45) is 7.05 Å². The Balaban J connectivity index is 2.44. The predicted octanol–water partition coefficient (Wildman–Crippen LogP) is -0.152. The van der Waals surface area contributed by atoms with E-state index in [2.05, 4.69) is 10.3 Å². The minimum atomic E-state index is -0.468. The third-order valence-corrected chi connectivity index (χ3v) is 1.50. The monoisotopic (exact) mass is 155 g/mol. The number of aryl methyl sites for hydroxylation is 1. The molecule has 0 radical (unpaired) electrons. The van der Waals surface area contributed by atoms with E-state index in [1.807, 2.05) is 11.6 Å². The number of aromatic nitrogens is 2. The van der Waals surface area contributed by atoms with Crippen LogP contribution < -0.4 is 5.32 Å². The second kappa shape index (κ2) is 3.50. The third kappa shape index (κ3) is 2.32. The molecule has 1 aromatic heterocycles. The molecule has 11 heavy (non-hydrogen) atoms. The number of aliphatic hydroxyl groups excluding tert-OH is 1. The third-order valence-electron chi connectivity index (χ3n) is 1.50. The van der Waals surface area contributed by atoms with Crippen molar-refractivity contribution < 1.29 is 5.11 Å². The molecule has 0 aromatic carbocycles. The summed E-state index contributed by atoms with van der Waals surface area (Å²) in [6, 6.07) is 0. The fourth-order valence-electron chi connectivity index (χ4n) is 0.807. The first-order valence-electron chi connectivity index (χ1n) is 3.57. The molecule has 0 aliphatic carbocycles. The molecule has 4 heteroatoms. The Labute approximate surface area is 65.9 Å². The van der Waals surface area contributed by atoms with Gasteiger partial charge in [-0.2, -0.15) is 0 Å². The van der Waals surface area contributed by atoms with Gasteiger partial charge in [0.25, 0.3) is 0 Å². The van der Waals surface area contributed by atoms with Crippen LogP contribution in [0.25, 0.3) is 0 Å². The van der Waals surface area contributed by atoms with Gasteiger partial charge in [-0.25, -0.2) is 4.98 Å². The Kier molecular flexibility index (Phi) is 2.62. The van der Waals surface area contributed by atoms with Gasteiger partial charge in [-0.05, 0) is 6.92 Å². The van der Waals surface area contributed by atoms with Crippen molar-refractivity contribution in [1.29, 1.82) is 0 Å². The van der Waals surface area contributed by atoms with Crippen molar-refractivity contribution in [3.8, 4) is 0 Å². The molecule has 1 rings (SSSR count). The van der Waals surface area contributed by atoms with Crippen molar-refractivity contribution in [3.05, 3.63) is 18.2 Å². The van der Waals surface area contributed by atoms with Crippen LogP contribution in [-0.4, -0.2) is 20.9 Å². The Bertz CT molecular complexity index is 219. The smallest absolute Gasteiger partial charge is 0.102 e. The van der Waals surface area contributed by atoms with Gasteiger partial charge in [0.05, 0.1) is 12.0 Å². The quantitative estimate of drug-likeness (QED) is 0.597. The molecule has 1 aromatic rings. The predicted molar refractivity (Wildman–Crippen MR) is 41.7 cm³/mol. The Morgan fingerprint density at radius 3 is 3.00 bits per heavy atom. The molecule has 0 unspecified atom stereocenters. The van der Waals surface area contributed by atoms with E-state index in [4.69, 9.17) is 5.11 Å². The molecular weight excluding hydrogens is 142 g/mol. The van der Waals surface area contributed by atoms with Gasteiger partial charge < -0.3 is 9.67 Å². The number of nitrogens with zero attached hydrogens (tertiary/aromatic N) is 2. The van der Waals surface area contributed by atoms with Gasteiger partial charge in [-0.1, -0.05) is 0 Å². The van der Waals surface area contributed by atoms with Crippen LogP contribution in [0.2, 0.25) is 0 Å². The van der Waals surface area contributed by atoms with Crippen molar-refractivity contribution in [2.75, 3.05) is 0 Å². The van der Waals surface area contributed by atoms with Gasteiger partial charge >= 0.3 is 0 Å². The van der Waals surface area contributed by atoms with Crippen LogP contribution in [0, 0.1) is 0 Å². The molecule has 0 spiro atoms. The lowest BCUT2D eigenvalue weighted by Crippen LogP contribution is -2.25. The molecule has 62 valence electrons. The summed E-state index contributed by atoms with van der Waals surface area (Å²) in [5, 5.41) is 11.8. The van der Waals surface area contributed by atoms with Crippen LogP contribution in [0.3, 0.4) is 0 Å². The summed E-state index contributed by atoms with van der Waals surface area (Å²) in [6.07, 6.45) is 3.04. The second-order valence-corrected chi connectivity index (χ2v) is 2.55. The average molecular weight is 155 g/mol. The van der Waals surface area contributed by atoms with Crippen molar-refractivity contribution in [3.63, 3.8) is 0 Å². The molecule has 0 amide bonds. The lowest BCUT2D eigenvalue weighted by atomic mass is 10.4. The molecule has 0 fully saturated rings. The molecule has 0 saturated carbocycles. The van der Waals surface area contributed by atoms with E-state index in [0.29, 0.717) is 6.54 Å². The summed E-state index contributed by atoms with van der Waals surface area (Å²) in [6.45, 7) is 2.34. The first-order valence-corrected chi connectivity index (χ1v) is 3.57. The van der Waals surface area contributed by atoms with Gasteiger partial charge in [0.2, 0.25) is 0 Å². The van der Waals surface area contributed by atoms with E-state index in [9.17, 15) is 0 Å². The average Bonchev–Trinajstić information content (AvgIpc) is 2.31. The number of hydrogen-bond acceptors (Lipinski definition) is 3. The van der Waals surface area contributed by atoms with E-state index in [1.165, 1.54) is 0 Å². The Morgan fingerprint density at radius 1 is 1.82 bits per heavy atom. The van der Waals surface area contributed by atoms with Crippen LogP contribution in [-0.2, 0) is 13.6 Å². The molecule has 0 bridgehead atoms. The topological polar surface area (TPSA) is 50.1 Å². The summed E-state index contributed by atoms with van der Waals surface area (Å²) < 4.78 is 1.91.